The average Bonchev–Trinajstić information content (AvgIpc) is 2.62. The van der Waals surface area contributed by atoms with Crippen molar-refractivity contribution < 1.29 is 4.79 Å². The SMILES string of the molecule is Cc1cc(C)n(CC(=O)Nc2cc(Cl)ccc2N)n1. The van der Waals surface area contributed by atoms with E-state index in [4.69, 9.17) is 17.3 Å². The minimum atomic E-state index is -0.194. The molecule has 0 spiro atoms. The van der Waals surface area contributed by atoms with E-state index in [1.165, 1.54) is 0 Å². The molecule has 0 unspecified atom stereocenters. The number of halogens is 1. The summed E-state index contributed by atoms with van der Waals surface area (Å²) in [5, 5.41) is 7.48. The fraction of sp³-hybridized carbons (Fsp3) is 0.231. The summed E-state index contributed by atoms with van der Waals surface area (Å²) in [6.07, 6.45) is 0. The maximum atomic E-state index is 11.9. The van der Waals surface area contributed by atoms with Gasteiger partial charge in [-0.15, -0.1) is 0 Å². The highest BCUT2D eigenvalue weighted by molar-refractivity contribution is 6.31. The summed E-state index contributed by atoms with van der Waals surface area (Å²) in [6, 6.07) is 6.87. The molecule has 1 amide bonds. The first-order chi connectivity index (χ1) is 8.95. The van der Waals surface area contributed by atoms with Gasteiger partial charge < -0.3 is 11.1 Å². The van der Waals surface area contributed by atoms with Gasteiger partial charge in [0, 0.05) is 10.7 Å². The summed E-state index contributed by atoms with van der Waals surface area (Å²) in [4.78, 5) is 11.9. The van der Waals surface area contributed by atoms with Gasteiger partial charge >= 0.3 is 0 Å². The number of nitrogen functional groups attached to an aromatic ring is 1. The third-order valence-electron chi connectivity index (χ3n) is 2.69. The maximum Gasteiger partial charge on any atom is 0.246 e. The molecule has 6 heteroatoms. The van der Waals surface area contributed by atoms with Crippen LogP contribution in [-0.2, 0) is 11.3 Å². The van der Waals surface area contributed by atoms with Crippen molar-refractivity contribution in [2.45, 2.75) is 20.4 Å². The maximum absolute atomic E-state index is 11.9. The number of rotatable bonds is 3. The standard InChI is InChI=1S/C13H15ClN4O/c1-8-5-9(2)18(17-8)7-13(19)16-12-6-10(14)3-4-11(12)15/h3-6H,7,15H2,1-2H3,(H,16,19). The molecular weight excluding hydrogens is 264 g/mol. The normalized spacial score (nSPS) is 10.5. The van der Waals surface area contributed by atoms with E-state index < -0.39 is 0 Å². The lowest BCUT2D eigenvalue weighted by molar-refractivity contribution is -0.116. The minimum absolute atomic E-state index is 0.144. The molecule has 0 radical (unpaired) electrons. The van der Waals surface area contributed by atoms with Crippen molar-refractivity contribution in [2.75, 3.05) is 11.1 Å². The van der Waals surface area contributed by atoms with Crippen molar-refractivity contribution in [3.63, 3.8) is 0 Å². The van der Waals surface area contributed by atoms with E-state index in [9.17, 15) is 4.79 Å². The first-order valence-corrected chi connectivity index (χ1v) is 6.19. The molecule has 0 saturated carbocycles. The number of nitrogens with zero attached hydrogens (tertiary/aromatic N) is 2. The Morgan fingerprint density at radius 2 is 2.16 bits per heavy atom. The number of nitrogens with two attached hydrogens (primary N) is 1. The number of carbonyl (C=O) groups excluding carboxylic acids is 1. The Kier molecular flexibility index (Phi) is 3.76. The summed E-state index contributed by atoms with van der Waals surface area (Å²) in [7, 11) is 0. The molecule has 0 bridgehead atoms. The van der Waals surface area contributed by atoms with Gasteiger partial charge in [0.2, 0.25) is 5.91 Å². The van der Waals surface area contributed by atoms with Crippen LogP contribution in [0, 0.1) is 13.8 Å². The zero-order valence-corrected chi connectivity index (χ0v) is 11.5. The Morgan fingerprint density at radius 3 is 2.79 bits per heavy atom. The van der Waals surface area contributed by atoms with Crippen molar-refractivity contribution in [3.8, 4) is 0 Å². The van der Waals surface area contributed by atoms with Crippen LogP contribution >= 0.6 is 11.6 Å². The van der Waals surface area contributed by atoms with Gasteiger partial charge in [0.1, 0.15) is 6.54 Å². The zero-order chi connectivity index (χ0) is 14.0. The third kappa shape index (κ3) is 3.26. The van der Waals surface area contributed by atoms with E-state index >= 15 is 0 Å². The lowest BCUT2D eigenvalue weighted by Crippen LogP contribution is -2.20. The van der Waals surface area contributed by atoms with Gasteiger partial charge in [0.15, 0.2) is 0 Å². The van der Waals surface area contributed by atoms with Crippen LogP contribution in [0.4, 0.5) is 11.4 Å². The molecule has 3 N–H and O–H groups in total. The van der Waals surface area contributed by atoms with E-state index in [0.717, 1.165) is 11.4 Å². The Balaban J connectivity index is 2.09. The van der Waals surface area contributed by atoms with Gasteiger partial charge in [-0.25, -0.2) is 0 Å². The molecule has 2 rings (SSSR count). The quantitative estimate of drug-likeness (QED) is 0.847. The van der Waals surface area contributed by atoms with Gasteiger partial charge in [-0.1, -0.05) is 11.6 Å². The molecular formula is C13H15ClN4O. The summed E-state index contributed by atoms with van der Waals surface area (Å²) in [5.41, 5.74) is 8.58. The van der Waals surface area contributed by atoms with Crippen LogP contribution in [-0.4, -0.2) is 15.7 Å². The Labute approximate surface area is 116 Å². The third-order valence-corrected chi connectivity index (χ3v) is 2.92. The summed E-state index contributed by atoms with van der Waals surface area (Å²) in [5.74, 6) is -0.194. The molecule has 0 fully saturated rings. The Morgan fingerprint density at radius 1 is 1.42 bits per heavy atom. The van der Waals surface area contributed by atoms with Crippen LogP contribution in [0.5, 0.6) is 0 Å². The lowest BCUT2D eigenvalue weighted by Gasteiger charge is -2.09. The summed E-state index contributed by atoms with van der Waals surface area (Å²) >= 11 is 5.86. The second-order valence-electron chi connectivity index (χ2n) is 4.36. The topological polar surface area (TPSA) is 72.9 Å². The summed E-state index contributed by atoms with van der Waals surface area (Å²) < 4.78 is 1.64. The van der Waals surface area contributed by atoms with Crippen LogP contribution in [0.2, 0.25) is 5.02 Å². The molecule has 0 saturated heterocycles. The molecule has 2 aromatic rings. The molecule has 1 aromatic carbocycles. The fourth-order valence-electron chi connectivity index (χ4n) is 1.80. The zero-order valence-electron chi connectivity index (χ0n) is 10.8. The Hall–Kier alpha value is -2.01. The van der Waals surface area contributed by atoms with Crippen molar-refractivity contribution in [1.82, 2.24) is 9.78 Å². The van der Waals surface area contributed by atoms with E-state index in [0.29, 0.717) is 16.4 Å². The highest BCUT2D eigenvalue weighted by Gasteiger charge is 2.09. The molecule has 0 atom stereocenters. The van der Waals surface area contributed by atoms with E-state index in [2.05, 4.69) is 10.4 Å². The van der Waals surface area contributed by atoms with Crippen LogP contribution in [0.15, 0.2) is 24.3 Å². The van der Waals surface area contributed by atoms with Gasteiger partial charge in [-0.3, -0.25) is 9.48 Å². The fourth-order valence-corrected chi connectivity index (χ4v) is 1.97. The average molecular weight is 279 g/mol. The van der Waals surface area contributed by atoms with Crippen molar-refractivity contribution in [1.29, 1.82) is 0 Å². The van der Waals surface area contributed by atoms with E-state index in [-0.39, 0.29) is 12.5 Å². The highest BCUT2D eigenvalue weighted by atomic mass is 35.5. The second kappa shape index (κ2) is 5.32. The predicted molar refractivity (Wildman–Crippen MR) is 76.2 cm³/mol. The van der Waals surface area contributed by atoms with E-state index in [1.807, 2.05) is 19.9 Å². The minimum Gasteiger partial charge on any atom is -0.397 e. The monoisotopic (exact) mass is 278 g/mol. The lowest BCUT2D eigenvalue weighted by atomic mass is 10.2. The van der Waals surface area contributed by atoms with Gasteiger partial charge in [0.05, 0.1) is 17.1 Å². The van der Waals surface area contributed by atoms with Crippen molar-refractivity contribution >= 4 is 28.9 Å². The van der Waals surface area contributed by atoms with Crippen LogP contribution in [0.3, 0.4) is 0 Å². The number of aryl methyl sites for hydroxylation is 2. The number of aromatic nitrogens is 2. The van der Waals surface area contributed by atoms with Gasteiger partial charge in [-0.2, -0.15) is 5.10 Å². The number of anilines is 2. The molecule has 19 heavy (non-hydrogen) atoms. The number of nitrogens with one attached hydrogen (secondary N) is 1. The number of benzene rings is 1. The predicted octanol–water partition coefficient (Wildman–Crippen LogP) is 2.37. The van der Waals surface area contributed by atoms with Gasteiger partial charge in [-0.05, 0) is 38.1 Å². The molecule has 0 aliphatic heterocycles. The van der Waals surface area contributed by atoms with Crippen molar-refractivity contribution in [3.05, 3.63) is 40.7 Å². The molecule has 0 aliphatic carbocycles. The first kappa shape index (κ1) is 13.4. The number of hydrogen-bond acceptors (Lipinski definition) is 3. The highest BCUT2D eigenvalue weighted by Crippen LogP contribution is 2.22. The van der Waals surface area contributed by atoms with Crippen LogP contribution < -0.4 is 11.1 Å². The second-order valence-corrected chi connectivity index (χ2v) is 4.80. The van der Waals surface area contributed by atoms with E-state index in [1.54, 1.807) is 22.9 Å². The van der Waals surface area contributed by atoms with Crippen LogP contribution in [0.1, 0.15) is 11.4 Å². The molecule has 1 heterocycles. The largest absolute Gasteiger partial charge is 0.397 e. The molecule has 0 aliphatic rings. The van der Waals surface area contributed by atoms with Gasteiger partial charge in [0.25, 0.3) is 0 Å². The number of carbonyl (C=O) groups is 1. The smallest absolute Gasteiger partial charge is 0.246 e. The van der Waals surface area contributed by atoms with Crippen molar-refractivity contribution in [2.24, 2.45) is 0 Å². The molecule has 100 valence electrons. The Bertz CT molecular complexity index is 621. The number of hydrogen-bond donors (Lipinski definition) is 2. The van der Waals surface area contributed by atoms with Crippen LogP contribution in [0.25, 0.3) is 0 Å². The summed E-state index contributed by atoms with van der Waals surface area (Å²) in [6.45, 7) is 3.93. The first-order valence-electron chi connectivity index (χ1n) is 5.81. The molecule has 1 aromatic heterocycles. The molecule has 5 nitrogen and oxygen atoms in total. The number of amides is 1.